The third-order valence-electron chi connectivity index (χ3n) is 2.16. The van der Waals surface area contributed by atoms with Crippen LogP contribution in [0, 0.1) is 0 Å². The van der Waals surface area contributed by atoms with Gasteiger partial charge in [0.05, 0.1) is 29.2 Å². The number of carbonyl (C=O) groups is 1. The van der Waals surface area contributed by atoms with Gasteiger partial charge >= 0.3 is 5.97 Å². The Bertz CT molecular complexity index is 393. The number of rotatable bonds is 5. The molecule has 0 unspecified atom stereocenters. The largest absolute Gasteiger partial charge is 0.466 e. The van der Waals surface area contributed by atoms with Gasteiger partial charge in [0.1, 0.15) is 0 Å². The van der Waals surface area contributed by atoms with Crippen molar-refractivity contribution in [2.45, 2.75) is 25.9 Å². The van der Waals surface area contributed by atoms with E-state index in [2.05, 4.69) is 0 Å². The molecule has 0 aliphatic heterocycles. The number of hydrogen-bond acceptors (Lipinski definition) is 3. The third-order valence-corrected chi connectivity index (χ3v) is 2.89. The van der Waals surface area contributed by atoms with Crippen LogP contribution in [0.25, 0.3) is 0 Å². The highest BCUT2D eigenvalue weighted by Gasteiger charge is 2.14. The number of esters is 1. The summed E-state index contributed by atoms with van der Waals surface area (Å²) in [5.74, 6) is -0.426. The Morgan fingerprint density at radius 3 is 2.71 bits per heavy atom. The van der Waals surface area contributed by atoms with Crippen LogP contribution in [0.5, 0.6) is 0 Å². The minimum Gasteiger partial charge on any atom is -0.466 e. The van der Waals surface area contributed by atoms with Crippen LogP contribution in [0.4, 0.5) is 0 Å². The number of halogens is 2. The number of hydrogen-bond donors (Lipinski definition) is 1. The zero-order valence-corrected chi connectivity index (χ0v) is 11.0. The van der Waals surface area contributed by atoms with Crippen molar-refractivity contribution in [1.82, 2.24) is 0 Å². The summed E-state index contributed by atoms with van der Waals surface area (Å²) in [7, 11) is 0. The summed E-state index contributed by atoms with van der Waals surface area (Å²) in [6.07, 6.45) is -0.249. The van der Waals surface area contributed by atoms with Crippen molar-refractivity contribution in [3.63, 3.8) is 0 Å². The maximum atomic E-state index is 11.3. The van der Waals surface area contributed by atoms with E-state index in [9.17, 15) is 9.90 Å². The molecule has 17 heavy (non-hydrogen) atoms. The third kappa shape index (κ3) is 4.54. The first kappa shape index (κ1) is 14.3. The number of benzene rings is 1. The van der Waals surface area contributed by atoms with Crippen LogP contribution >= 0.6 is 23.2 Å². The summed E-state index contributed by atoms with van der Waals surface area (Å²) < 4.78 is 4.88. The summed E-state index contributed by atoms with van der Waals surface area (Å²) in [6, 6.07) is 4.76. The molecule has 0 aliphatic carbocycles. The lowest BCUT2D eigenvalue weighted by Gasteiger charge is -2.11. The van der Waals surface area contributed by atoms with Gasteiger partial charge in [-0.2, -0.15) is 0 Å². The monoisotopic (exact) mass is 276 g/mol. The molecule has 1 rings (SSSR count). The van der Waals surface area contributed by atoms with E-state index < -0.39 is 12.1 Å². The lowest BCUT2D eigenvalue weighted by Crippen LogP contribution is -2.10. The van der Waals surface area contributed by atoms with Gasteiger partial charge in [0, 0.05) is 0 Å². The molecule has 94 valence electrons. The summed E-state index contributed by atoms with van der Waals surface area (Å²) in [5.41, 5.74) is 0.549. The minimum absolute atomic E-state index is 0.0854. The zero-order chi connectivity index (χ0) is 12.8. The van der Waals surface area contributed by atoms with Crippen LogP contribution in [0.1, 0.15) is 31.4 Å². The molecular formula is C12H14Cl2O3. The van der Waals surface area contributed by atoms with Gasteiger partial charge in [-0.3, -0.25) is 4.79 Å². The van der Waals surface area contributed by atoms with E-state index in [0.717, 1.165) is 6.42 Å². The van der Waals surface area contributed by atoms with Crippen molar-refractivity contribution in [3.05, 3.63) is 33.8 Å². The van der Waals surface area contributed by atoms with Crippen molar-refractivity contribution in [1.29, 1.82) is 0 Å². The van der Waals surface area contributed by atoms with Crippen molar-refractivity contribution in [3.8, 4) is 0 Å². The molecule has 0 amide bonds. The number of ether oxygens (including phenoxy) is 1. The molecule has 3 nitrogen and oxygen atoms in total. The Hall–Kier alpha value is -0.770. The van der Waals surface area contributed by atoms with Crippen LogP contribution in [-0.2, 0) is 9.53 Å². The summed E-state index contributed by atoms with van der Waals surface area (Å²) >= 11 is 11.6. The highest BCUT2D eigenvalue weighted by atomic mass is 35.5. The van der Waals surface area contributed by atoms with E-state index in [1.165, 1.54) is 0 Å². The number of aliphatic hydroxyl groups excluding tert-OH is 1. The molecule has 1 aromatic carbocycles. The Labute approximate surface area is 110 Å². The molecule has 0 saturated carbocycles. The zero-order valence-electron chi connectivity index (χ0n) is 9.45. The first-order valence-corrected chi connectivity index (χ1v) is 6.08. The molecular weight excluding hydrogens is 263 g/mol. The lowest BCUT2D eigenvalue weighted by molar-refractivity contribution is -0.146. The SMILES string of the molecule is CCCOC(=O)C[C@@H](O)c1ccc(Cl)c(Cl)c1. The molecule has 0 heterocycles. The first-order chi connectivity index (χ1) is 8.04. The molecule has 0 saturated heterocycles. The van der Waals surface area contributed by atoms with Gasteiger partial charge in [-0.05, 0) is 24.1 Å². The summed E-state index contributed by atoms with van der Waals surface area (Å²) in [5, 5.41) is 10.6. The quantitative estimate of drug-likeness (QED) is 0.839. The Kier molecular flexibility index (Phi) is 5.75. The van der Waals surface area contributed by atoms with Gasteiger partial charge in [-0.25, -0.2) is 0 Å². The van der Waals surface area contributed by atoms with Crippen LogP contribution in [0.3, 0.4) is 0 Å². The normalized spacial score (nSPS) is 12.2. The fraction of sp³-hybridized carbons (Fsp3) is 0.417. The second-order valence-corrected chi connectivity index (χ2v) is 4.43. The van der Waals surface area contributed by atoms with Crippen molar-refractivity contribution in [2.75, 3.05) is 6.61 Å². The van der Waals surface area contributed by atoms with Gasteiger partial charge in [0.2, 0.25) is 0 Å². The van der Waals surface area contributed by atoms with Crippen molar-refractivity contribution < 1.29 is 14.6 Å². The van der Waals surface area contributed by atoms with Crippen LogP contribution < -0.4 is 0 Å². The number of carbonyl (C=O) groups excluding carboxylic acids is 1. The standard InChI is InChI=1S/C12H14Cl2O3/c1-2-5-17-12(16)7-11(15)8-3-4-9(13)10(14)6-8/h3-4,6,11,15H,2,5,7H2,1H3/t11-/m1/s1. The highest BCUT2D eigenvalue weighted by Crippen LogP contribution is 2.26. The van der Waals surface area contributed by atoms with Gasteiger partial charge in [0.15, 0.2) is 0 Å². The van der Waals surface area contributed by atoms with E-state index in [4.69, 9.17) is 27.9 Å². The first-order valence-electron chi connectivity index (χ1n) is 5.33. The Morgan fingerprint density at radius 1 is 1.41 bits per heavy atom. The van der Waals surface area contributed by atoms with Gasteiger partial charge < -0.3 is 9.84 Å². The lowest BCUT2D eigenvalue weighted by atomic mass is 10.1. The van der Waals surface area contributed by atoms with Crippen LogP contribution in [-0.4, -0.2) is 17.7 Å². The van der Waals surface area contributed by atoms with E-state index in [1.54, 1.807) is 18.2 Å². The van der Waals surface area contributed by atoms with E-state index >= 15 is 0 Å². The molecule has 1 N–H and O–H groups in total. The fourth-order valence-corrected chi connectivity index (χ4v) is 1.58. The maximum absolute atomic E-state index is 11.3. The second-order valence-electron chi connectivity index (χ2n) is 3.61. The second kappa shape index (κ2) is 6.84. The fourth-order valence-electron chi connectivity index (χ4n) is 1.27. The van der Waals surface area contributed by atoms with Crippen molar-refractivity contribution >= 4 is 29.2 Å². The molecule has 0 fully saturated rings. The molecule has 0 aromatic heterocycles. The molecule has 5 heteroatoms. The molecule has 0 spiro atoms. The minimum atomic E-state index is -0.922. The smallest absolute Gasteiger partial charge is 0.308 e. The predicted molar refractivity (Wildman–Crippen MR) is 67.3 cm³/mol. The Balaban J connectivity index is 2.60. The van der Waals surface area contributed by atoms with E-state index in [0.29, 0.717) is 22.2 Å². The van der Waals surface area contributed by atoms with E-state index in [-0.39, 0.29) is 6.42 Å². The molecule has 0 radical (unpaired) electrons. The molecule has 0 bridgehead atoms. The van der Waals surface area contributed by atoms with Crippen LogP contribution in [0.15, 0.2) is 18.2 Å². The van der Waals surface area contributed by atoms with Gasteiger partial charge in [-0.1, -0.05) is 36.2 Å². The average molecular weight is 277 g/mol. The summed E-state index contributed by atoms with van der Waals surface area (Å²) in [6.45, 7) is 2.27. The number of aliphatic hydroxyl groups is 1. The van der Waals surface area contributed by atoms with Crippen molar-refractivity contribution in [2.24, 2.45) is 0 Å². The Morgan fingerprint density at radius 2 is 2.12 bits per heavy atom. The molecule has 1 aromatic rings. The molecule has 1 atom stereocenters. The van der Waals surface area contributed by atoms with E-state index in [1.807, 2.05) is 6.92 Å². The molecule has 0 aliphatic rings. The maximum Gasteiger partial charge on any atom is 0.308 e. The highest BCUT2D eigenvalue weighted by molar-refractivity contribution is 6.42. The van der Waals surface area contributed by atoms with Gasteiger partial charge in [0.25, 0.3) is 0 Å². The predicted octanol–water partition coefficient (Wildman–Crippen LogP) is 3.37. The van der Waals surface area contributed by atoms with Gasteiger partial charge in [-0.15, -0.1) is 0 Å². The topological polar surface area (TPSA) is 46.5 Å². The summed E-state index contributed by atoms with van der Waals surface area (Å²) in [4.78, 5) is 11.3. The average Bonchev–Trinajstić information content (AvgIpc) is 2.30. The van der Waals surface area contributed by atoms with Crippen LogP contribution in [0.2, 0.25) is 10.0 Å².